The maximum atomic E-state index is 11.8. The minimum atomic E-state index is -0.648. The summed E-state index contributed by atoms with van der Waals surface area (Å²) < 4.78 is 0. The third kappa shape index (κ3) is 3.55. The maximum absolute atomic E-state index is 11.8. The fourth-order valence-corrected chi connectivity index (χ4v) is 3.01. The van der Waals surface area contributed by atoms with Crippen molar-refractivity contribution in [3.8, 4) is 0 Å². The van der Waals surface area contributed by atoms with E-state index in [0.717, 1.165) is 36.5 Å². The van der Waals surface area contributed by atoms with E-state index >= 15 is 0 Å². The Morgan fingerprint density at radius 2 is 2.20 bits per heavy atom. The van der Waals surface area contributed by atoms with E-state index in [-0.39, 0.29) is 6.04 Å². The monoisotopic (exact) mass is 296 g/mol. The molecule has 1 aliphatic heterocycles. The summed E-state index contributed by atoms with van der Waals surface area (Å²) in [5.74, 6) is -1.26. The number of aromatic nitrogens is 1. The van der Waals surface area contributed by atoms with E-state index < -0.39 is 11.8 Å². The lowest BCUT2D eigenvalue weighted by molar-refractivity contribution is -0.136. The van der Waals surface area contributed by atoms with E-state index in [1.54, 1.807) is 0 Å². The Hall–Kier alpha value is -1.47. The molecule has 0 aliphatic carbocycles. The summed E-state index contributed by atoms with van der Waals surface area (Å²) in [5, 5.41) is 5.73. The molecule has 7 heteroatoms. The number of amides is 2. The highest BCUT2D eigenvalue weighted by Crippen LogP contribution is 2.27. The van der Waals surface area contributed by atoms with Gasteiger partial charge in [-0.3, -0.25) is 14.9 Å². The first kappa shape index (κ1) is 14.9. The zero-order valence-electron chi connectivity index (χ0n) is 12.0. The molecule has 2 N–H and O–H groups in total. The third-order valence-electron chi connectivity index (χ3n) is 3.34. The fourth-order valence-electron chi connectivity index (χ4n) is 1.92. The Bertz CT molecular complexity index is 514. The van der Waals surface area contributed by atoms with Crippen LogP contribution in [0.1, 0.15) is 30.8 Å². The number of anilines is 1. The van der Waals surface area contributed by atoms with Crippen molar-refractivity contribution in [1.29, 1.82) is 0 Å². The second-order valence-electron chi connectivity index (χ2n) is 5.11. The molecule has 0 radical (unpaired) electrons. The molecule has 0 saturated heterocycles. The number of carbonyl (C=O) groups is 2. The molecule has 0 saturated carbocycles. The van der Waals surface area contributed by atoms with Gasteiger partial charge in [0.15, 0.2) is 5.13 Å². The van der Waals surface area contributed by atoms with E-state index in [1.807, 2.05) is 13.8 Å². The molecule has 0 aromatic carbocycles. The summed E-state index contributed by atoms with van der Waals surface area (Å²) in [5.41, 5.74) is 1.03. The molecule has 2 amide bonds. The molecule has 20 heavy (non-hydrogen) atoms. The lowest BCUT2D eigenvalue weighted by Gasteiger charge is -2.20. The van der Waals surface area contributed by atoms with E-state index in [9.17, 15) is 9.59 Å². The van der Waals surface area contributed by atoms with Gasteiger partial charge in [-0.2, -0.15) is 0 Å². The van der Waals surface area contributed by atoms with E-state index in [0.29, 0.717) is 5.13 Å². The van der Waals surface area contributed by atoms with Crippen LogP contribution >= 0.6 is 11.3 Å². The van der Waals surface area contributed by atoms with Crippen LogP contribution in [0.5, 0.6) is 0 Å². The second-order valence-corrected chi connectivity index (χ2v) is 6.20. The van der Waals surface area contributed by atoms with Crippen LogP contribution < -0.4 is 10.6 Å². The Morgan fingerprint density at radius 3 is 2.90 bits per heavy atom. The lowest BCUT2D eigenvalue weighted by Crippen LogP contribution is -2.40. The number of thiazole rings is 1. The normalized spacial score (nSPS) is 16.4. The number of nitrogens with zero attached hydrogens (tertiary/aromatic N) is 2. The summed E-state index contributed by atoms with van der Waals surface area (Å²) in [6.07, 6.45) is 1.67. The van der Waals surface area contributed by atoms with Crippen molar-refractivity contribution >= 4 is 28.3 Å². The molecular weight excluding hydrogens is 276 g/mol. The lowest BCUT2D eigenvalue weighted by atomic mass is 10.2. The van der Waals surface area contributed by atoms with Gasteiger partial charge in [0.1, 0.15) is 0 Å². The molecule has 1 aromatic heterocycles. The van der Waals surface area contributed by atoms with Crippen molar-refractivity contribution in [1.82, 2.24) is 15.2 Å². The Balaban J connectivity index is 1.96. The molecule has 2 heterocycles. The molecule has 6 nitrogen and oxygen atoms in total. The maximum Gasteiger partial charge on any atom is 0.315 e. The number of likely N-dealkylation sites (N-methyl/N-ethyl adjacent to an activating group) is 1. The molecule has 1 aliphatic rings. The minimum absolute atomic E-state index is 0.00796. The van der Waals surface area contributed by atoms with Crippen LogP contribution in [-0.2, 0) is 22.6 Å². The van der Waals surface area contributed by atoms with Gasteiger partial charge in [0, 0.05) is 30.4 Å². The van der Waals surface area contributed by atoms with Gasteiger partial charge in [0.05, 0.1) is 5.69 Å². The molecule has 0 bridgehead atoms. The van der Waals surface area contributed by atoms with Gasteiger partial charge in [-0.1, -0.05) is 6.92 Å². The van der Waals surface area contributed by atoms with Gasteiger partial charge in [-0.05, 0) is 20.4 Å². The van der Waals surface area contributed by atoms with E-state index in [2.05, 4.69) is 27.6 Å². The van der Waals surface area contributed by atoms with Crippen LogP contribution in [0, 0.1) is 0 Å². The third-order valence-corrected chi connectivity index (χ3v) is 4.34. The van der Waals surface area contributed by atoms with Crippen LogP contribution in [0.15, 0.2) is 0 Å². The molecule has 1 unspecified atom stereocenters. The van der Waals surface area contributed by atoms with Gasteiger partial charge < -0.3 is 10.2 Å². The smallest absolute Gasteiger partial charge is 0.315 e. The van der Waals surface area contributed by atoms with Crippen molar-refractivity contribution in [2.45, 2.75) is 39.3 Å². The number of rotatable bonds is 3. The fraction of sp³-hybridized carbons (Fsp3) is 0.615. The van der Waals surface area contributed by atoms with Crippen LogP contribution in [-0.4, -0.2) is 41.3 Å². The Labute approximate surface area is 122 Å². The van der Waals surface area contributed by atoms with Crippen molar-refractivity contribution < 1.29 is 9.59 Å². The average molecular weight is 296 g/mol. The first-order valence-electron chi connectivity index (χ1n) is 6.78. The molecule has 1 aromatic rings. The highest BCUT2D eigenvalue weighted by atomic mass is 32.1. The van der Waals surface area contributed by atoms with Crippen molar-refractivity contribution in [2.24, 2.45) is 0 Å². The van der Waals surface area contributed by atoms with Crippen molar-refractivity contribution in [3.05, 3.63) is 10.6 Å². The van der Waals surface area contributed by atoms with E-state index in [4.69, 9.17) is 0 Å². The van der Waals surface area contributed by atoms with Crippen molar-refractivity contribution in [2.75, 3.05) is 18.9 Å². The standard InChI is InChI=1S/C13H20N4O2S/c1-4-8(2)14-11(18)12(19)16-13-15-9-5-6-17(3)7-10(9)20-13/h8H,4-7H2,1-3H3,(H,14,18)(H,15,16,19). The number of fused-ring (bicyclic) bond motifs is 1. The molecular formula is C13H20N4O2S. The molecule has 0 fully saturated rings. The predicted octanol–water partition coefficient (Wildman–Crippen LogP) is 0.984. The zero-order chi connectivity index (χ0) is 14.7. The quantitative estimate of drug-likeness (QED) is 0.816. The molecule has 2 rings (SSSR count). The van der Waals surface area contributed by atoms with Crippen LogP contribution in [0.4, 0.5) is 5.13 Å². The van der Waals surface area contributed by atoms with Crippen LogP contribution in [0.3, 0.4) is 0 Å². The van der Waals surface area contributed by atoms with Crippen LogP contribution in [0.2, 0.25) is 0 Å². The van der Waals surface area contributed by atoms with Gasteiger partial charge in [-0.15, -0.1) is 11.3 Å². The first-order valence-corrected chi connectivity index (χ1v) is 7.60. The van der Waals surface area contributed by atoms with Crippen LogP contribution in [0.25, 0.3) is 0 Å². The zero-order valence-corrected chi connectivity index (χ0v) is 12.8. The molecule has 0 spiro atoms. The first-order chi connectivity index (χ1) is 9.49. The number of nitrogens with one attached hydrogen (secondary N) is 2. The summed E-state index contributed by atoms with van der Waals surface area (Å²) in [4.78, 5) is 31.2. The predicted molar refractivity (Wildman–Crippen MR) is 78.7 cm³/mol. The summed E-state index contributed by atoms with van der Waals surface area (Å²) >= 11 is 1.44. The highest BCUT2D eigenvalue weighted by molar-refractivity contribution is 7.16. The Morgan fingerprint density at radius 1 is 1.45 bits per heavy atom. The largest absolute Gasteiger partial charge is 0.345 e. The van der Waals surface area contributed by atoms with Gasteiger partial charge >= 0.3 is 11.8 Å². The van der Waals surface area contributed by atoms with Gasteiger partial charge in [-0.25, -0.2) is 4.98 Å². The second kappa shape index (κ2) is 6.32. The van der Waals surface area contributed by atoms with Gasteiger partial charge in [0.25, 0.3) is 0 Å². The summed E-state index contributed by atoms with van der Waals surface area (Å²) in [7, 11) is 2.06. The van der Waals surface area contributed by atoms with E-state index in [1.165, 1.54) is 11.3 Å². The van der Waals surface area contributed by atoms with Crippen molar-refractivity contribution in [3.63, 3.8) is 0 Å². The minimum Gasteiger partial charge on any atom is -0.345 e. The topological polar surface area (TPSA) is 74.3 Å². The number of hydrogen-bond acceptors (Lipinski definition) is 5. The summed E-state index contributed by atoms with van der Waals surface area (Å²) in [6, 6.07) is -0.00796. The number of hydrogen-bond donors (Lipinski definition) is 2. The SMILES string of the molecule is CCC(C)NC(=O)C(=O)Nc1nc2c(s1)CN(C)CC2. The molecule has 110 valence electrons. The number of carbonyl (C=O) groups excluding carboxylic acids is 2. The highest BCUT2D eigenvalue weighted by Gasteiger charge is 2.21. The summed E-state index contributed by atoms with van der Waals surface area (Å²) in [6.45, 7) is 5.64. The Kier molecular flexibility index (Phi) is 4.72. The van der Waals surface area contributed by atoms with Gasteiger partial charge in [0.2, 0.25) is 0 Å². The average Bonchev–Trinajstić information content (AvgIpc) is 2.79. The molecule has 1 atom stereocenters.